The number of ether oxygens (including phenoxy) is 1. The van der Waals surface area contributed by atoms with E-state index in [9.17, 15) is 0 Å². The minimum Gasteiger partial charge on any atom is -0.455 e. The van der Waals surface area contributed by atoms with E-state index in [-0.39, 0.29) is 16.2 Å². The van der Waals surface area contributed by atoms with Crippen LogP contribution in [0.25, 0.3) is 66.4 Å². The van der Waals surface area contributed by atoms with Gasteiger partial charge < -0.3 is 14.2 Å². The lowest BCUT2D eigenvalue weighted by atomic mass is 9.70. The maximum absolute atomic E-state index is 7.54. The Morgan fingerprint density at radius 2 is 0.933 bits per heavy atom. The third-order valence-corrected chi connectivity index (χ3v) is 15.2. The summed E-state index contributed by atoms with van der Waals surface area (Å²) in [5, 5.41) is 2.51. The largest absolute Gasteiger partial charge is 0.455 e. The fraction of sp³-hybridized carbons (Fsp3) is 0.167. The average Bonchev–Trinajstić information content (AvgIpc) is 3.75. The minimum atomic E-state index is -0.389. The summed E-state index contributed by atoms with van der Waals surface area (Å²) < 4.78 is 9.92. The monoisotopic (exact) mass is 975 g/mol. The molecule has 0 N–H and O–H groups in total. The molecular weight excluding hydrogens is 909 g/mol. The molecule has 0 amide bonds. The van der Waals surface area contributed by atoms with Crippen LogP contribution in [0.4, 0.5) is 17.1 Å². The van der Waals surface area contributed by atoms with Gasteiger partial charge in [0.05, 0.1) is 11.0 Å². The number of fused-ring (bicyclic) bond motifs is 5. The fourth-order valence-corrected chi connectivity index (χ4v) is 11.0. The van der Waals surface area contributed by atoms with Gasteiger partial charge in [-0.05, 0) is 135 Å². The Hall–Kier alpha value is -8.40. The van der Waals surface area contributed by atoms with Crippen LogP contribution in [0.15, 0.2) is 231 Å². The molecule has 0 atom stereocenters. The first-order chi connectivity index (χ1) is 36.1. The molecule has 0 aliphatic carbocycles. The molecule has 1 aliphatic rings. The summed E-state index contributed by atoms with van der Waals surface area (Å²) in [5.41, 5.74) is 20.1. The predicted octanol–water partition coefficient (Wildman–Crippen LogP) is 20.4. The van der Waals surface area contributed by atoms with Crippen molar-refractivity contribution in [2.24, 2.45) is 0 Å². The van der Waals surface area contributed by atoms with Gasteiger partial charge in [-0.3, -0.25) is 0 Å². The molecule has 1 aromatic heterocycles. The van der Waals surface area contributed by atoms with E-state index in [0.717, 1.165) is 67.6 Å². The molecule has 370 valence electrons. The molecule has 0 unspecified atom stereocenters. The lowest BCUT2D eigenvalue weighted by molar-refractivity contribution is 0.418. The highest BCUT2D eigenvalue weighted by Gasteiger charge is 2.39. The summed E-state index contributed by atoms with van der Waals surface area (Å²) in [5.74, 6) is 1.83. The van der Waals surface area contributed by atoms with Gasteiger partial charge in [0.1, 0.15) is 11.5 Å². The topological polar surface area (TPSA) is 17.4 Å². The van der Waals surface area contributed by atoms with Gasteiger partial charge >= 0.3 is 0 Å². The van der Waals surface area contributed by atoms with Crippen LogP contribution in [0.3, 0.4) is 0 Å². The summed E-state index contributed by atoms with van der Waals surface area (Å²) in [6.45, 7) is 24.7. The van der Waals surface area contributed by atoms with Crippen molar-refractivity contribution in [3.8, 4) is 50.6 Å². The lowest BCUT2D eigenvalue weighted by Crippen LogP contribution is -2.27. The molecule has 0 bridgehead atoms. The second-order valence-electron chi connectivity index (χ2n) is 22.6. The zero-order chi connectivity index (χ0) is 52.2. The normalized spacial score (nSPS) is 13.4. The molecule has 3 heteroatoms. The highest BCUT2D eigenvalue weighted by Crippen LogP contribution is 2.56. The minimum absolute atomic E-state index is 0.0963. The van der Waals surface area contributed by atoms with Crippen LogP contribution in [0.2, 0.25) is 0 Å². The summed E-state index contributed by atoms with van der Waals surface area (Å²) >= 11 is 0. The third kappa shape index (κ3) is 9.01. The molecule has 3 nitrogen and oxygen atoms in total. The highest BCUT2D eigenvalue weighted by molar-refractivity contribution is 6.09. The number of nitrogens with zero attached hydrogens (tertiary/aromatic N) is 2. The quantitative estimate of drug-likeness (QED) is 0.127. The molecule has 11 rings (SSSR count). The van der Waals surface area contributed by atoms with Gasteiger partial charge in [0.15, 0.2) is 0 Å². The van der Waals surface area contributed by atoms with Gasteiger partial charge in [-0.1, -0.05) is 214 Å². The SMILES string of the molecule is C=C/C=C(\C=C/C)c1ccc(N(c2ccc(-c3ccccc3)cc2)c2ccc(-c3cc(C(C)(C)C)cc4c3Oc3c(-c5ccc(-n6c7ccccc7c7ccccc76)cc5)cc(C(C)(C)C)cc3C4(C)C)cc2)cc1. The first kappa shape index (κ1) is 48.8. The van der Waals surface area contributed by atoms with Crippen LogP contribution >= 0.6 is 0 Å². The Kier molecular flexibility index (Phi) is 12.5. The smallest absolute Gasteiger partial charge is 0.139 e. The third-order valence-electron chi connectivity index (χ3n) is 15.2. The van der Waals surface area contributed by atoms with Crippen LogP contribution in [0.5, 0.6) is 11.5 Å². The zero-order valence-electron chi connectivity index (χ0n) is 44.9. The standard InChI is InChI=1S/C72H66N2O/c1-11-20-48(21-12-2)50-28-36-56(37-29-50)73(57-38-30-51(31-39-57)49-22-14-13-15-23-49)58-40-32-52(33-41-58)62-44-54(70(3,4)5)46-64-68(62)75-69-63(45-55(71(6,7)8)47-65(69)72(64,9)10)53-34-42-59(43-35-53)74-66-26-18-16-24-60(66)61-25-17-19-27-67(61)74/h11-47H,1H2,2-10H3/b21-12-,48-20+. The summed E-state index contributed by atoms with van der Waals surface area (Å²) in [4.78, 5) is 2.34. The Morgan fingerprint density at radius 1 is 0.507 bits per heavy atom. The molecule has 75 heavy (non-hydrogen) atoms. The van der Waals surface area contributed by atoms with Gasteiger partial charge in [0.2, 0.25) is 0 Å². The second kappa shape index (κ2) is 19.1. The van der Waals surface area contributed by atoms with Crippen LogP contribution in [0.1, 0.15) is 90.1 Å². The van der Waals surface area contributed by atoms with Gasteiger partial charge in [0, 0.05) is 61.2 Å². The number of anilines is 3. The maximum Gasteiger partial charge on any atom is 0.139 e. The van der Waals surface area contributed by atoms with Crippen LogP contribution in [-0.2, 0) is 16.2 Å². The molecule has 2 heterocycles. The summed E-state index contributed by atoms with van der Waals surface area (Å²) in [7, 11) is 0. The van der Waals surface area contributed by atoms with E-state index < -0.39 is 0 Å². The van der Waals surface area contributed by atoms with E-state index in [2.05, 4.69) is 290 Å². The second-order valence-corrected chi connectivity index (χ2v) is 22.6. The van der Waals surface area contributed by atoms with E-state index in [1.165, 1.54) is 55.2 Å². The highest BCUT2D eigenvalue weighted by atomic mass is 16.5. The van der Waals surface area contributed by atoms with E-state index >= 15 is 0 Å². The summed E-state index contributed by atoms with van der Waals surface area (Å²) in [6.07, 6.45) is 8.10. The number of allylic oxidation sites excluding steroid dienone is 5. The molecule has 0 radical (unpaired) electrons. The van der Waals surface area contributed by atoms with Crippen LogP contribution in [0, 0.1) is 0 Å². The van der Waals surface area contributed by atoms with Crippen molar-refractivity contribution in [1.29, 1.82) is 0 Å². The van der Waals surface area contributed by atoms with Crippen molar-refractivity contribution in [2.45, 2.75) is 78.6 Å². The van der Waals surface area contributed by atoms with Crippen LogP contribution in [-0.4, -0.2) is 4.57 Å². The molecule has 0 saturated heterocycles. The Balaban J connectivity index is 1.03. The van der Waals surface area contributed by atoms with Crippen LogP contribution < -0.4 is 9.64 Å². The van der Waals surface area contributed by atoms with Crippen molar-refractivity contribution in [1.82, 2.24) is 4.57 Å². The number of para-hydroxylation sites is 2. The fourth-order valence-electron chi connectivity index (χ4n) is 11.0. The maximum atomic E-state index is 7.54. The number of hydrogen-bond donors (Lipinski definition) is 0. The zero-order valence-corrected chi connectivity index (χ0v) is 44.9. The molecule has 0 saturated carbocycles. The predicted molar refractivity (Wildman–Crippen MR) is 321 cm³/mol. The van der Waals surface area contributed by atoms with Crippen molar-refractivity contribution < 1.29 is 4.74 Å². The van der Waals surface area contributed by atoms with E-state index in [1.807, 2.05) is 13.0 Å². The van der Waals surface area contributed by atoms with E-state index in [4.69, 9.17) is 4.74 Å². The van der Waals surface area contributed by atoms with E-state index in [0.29, 0.717) is 0 Å². The van der Waals surface area contributed by atoms with Crippen molar-refractivity contribution in [2.75, 3.05) is 4.90 Å². The molecule has 1 aliphatic heterocycles. The first-order valence-electron chi connectivity index (χ1n) is 26.4. The molecule has 0 fully saturated rings. The van der Waals surface area contributed by atoms with Gasteiger partial charge in [-0.25, -0.2) is 0 Å². The molecule has 0 spiro atoms. The number of rotatable bonds is 10. The molecular formula is C72H66N2O. The van der Waals surface area contributed by atoms with Crippen molar-refractivity contribution in [3.63, 3.8) is 0 Å². The van der Waals surface area contributed by atoms with Gasteiger partial charge in [-0.2, -0.15) is 0 Å². The number of benzene rings is 9. The van der Waals surface area contributed by atoms with Crippen molar-refractivity contribution in [3.05, 3.63) is 259 Å². The lowest BCUT2D eigenvalue weighted by Gasteiger charge is -2.39. The Morgan fingerprint density at radius 3 is 1.40 bits per heavy atom. The average molecular weight is 975 g/mol. The van der Waals surface area contributed by atoms with Gasteiger partial charge in [0.25, 0.3) is 0 Å². The Bertz CT molecular complexity index is 3760. The first-order valence-corrected chi connectivity index (χ1v) is 26.4. The number of aromatic nitrogens is 1. The van der Waals surface area contributed by atoms with E-state index in [1.54, 1.807) is 0 Å². The molecule has 9 aromatic carbocycles. The Labute approximate surface area is 444 Å². The molecule has 10 aromatic rings. The van der Waals surface area contributed by atoms with Gasteiger partial charge in [-0.15, -0.1) is 0 Å². The summed E-state index contributed by atoms with van der Waals surface area (Å²) in [6, 6.07) is 73.4. The van der Waals surface area contributed by atoms with Crippen molar-refractivity contribution >= 4 is 44.4 Å². The number of hydrogen-bond acceptors (Lipinski definition) is 2.